The highest BCUT2D eigenvalue weighted by Gasteiger charge is 2.42. The number of piperazine rings is 1. The van der Waals surface area contributed by atoms with Crippen LogP contribution in [0, 0.1) is 41.5 Å². The number of esters is 1. The Labute approximate surface area is 467 Å². The van der Waals surface area contributed by atoms with Crippen LogP contribution in [-0.4, -0.2) is 121 Å². The Balaban J connectivity index is 1.34. The van der Waals surface area contributed by atoms with E-state index in [1.54, 1.807) is 129 Å². The number of carbonyl (C=O) groups excluding carboxylic acids is 6. The molecular weight excluding hydrogens is 1070 g/mol. The highest BCUT2D eigenvalue weighted by atomic mass is 32.2. The van der Waals surface area contributed by atoms with Crippen molar-refractivity contribution in [2.75, 3.05) is 33.9 Å². The first-order valence-corrected chi connectivity index (χ1v) is 28.6. The Morgan fingerprint density at radius 1 is 0.775 bits per heavy atom. The lowest BCUT2D eigenvalue weighted by Crippen LogP contribution is -2.66. The van der Waals surface area contributed by atoms with Gasteiger partial charge in [0.15, 0.2) is 0 Å². The Bertz CT molecular complexity index is 3200. The second kappa shape index (κ2) is 27.4. The fraction of sp³-hybridized carbons (Fsp3) is 0.436. The molecule has 0 bridgehead atoms. The Morgan fingerprint density at radius 3 is 1.93 bits per heavy atom. The lowest BCUT2D eigenvalue weighted by atomic mass is 10.0. The lowest BCUT2D eigenvalue weighted by molar-refractivity contribution is -0.151. The smallest absolute Gasteiger partial charge is 0.407 e. The number of methoxy groups -OCH3 is 2. The van der Waals surface area contributed by atoms with Crippen molar-refractivity contribution in [3.63, 3.8) is 0 Å². The van der Waals surface area contributed by atoms with Crippen LogP contribution in [0.25, 0.3) is 0 Å². The minimum atomic E-state index is -4.21. The van der Waals surface area contributed by atoms with E-state index in [0.717, 1.165) is 0 Å². The number of sulfonamides is 2. The van der Waals surface area contributed by atoms with Crippen LogP contribution in [0.5, 0.6) is 11.5 Å². The maximum atomic E-state index is 14.3. The number of hydrogen-bond donors (Lipinski definition) is 7. The molecule has 1 heterocycles. The zero-order valence-electron chi connectivity index (χ0n) is 47.0. The molecule has 4 aromatic carbocycles. The summed E-state index contributed by atoms with van der Waals surface area (Å²) in [4.78, 5) is 87.0. The Morgan fingerprint density at radius 2 is 1.35 bits per heavy atom. The lowest BCUT2D eigenvalue weighted by Gasteiger charge is -2.39. The summed E-state index contributed by atoms with van der Waals surface area (Å²) in [5.74, 6) is -3.23. The minimum Gasteiger partial charge on any atom is -0.496 e. The second-order valence-corrected chi connectivity index (χ2v) is 23.5. The van der Waals surface area contributed by atoms with Crippen LogP contribution in [0.1, 0.15) is 90.1 Å². The summed E-state index contributed by atoms with van der Waals surface area (Å²) in [5.41, 5.74) is 10.1. The SMILES string of the molecule is COc1cc(C)c(S(=O)(=O)NCc2ccc(CN3C(=O)[C@H](CNC(=O)OC(C)(C)C)NC(=O)[C@H]3CC(=O)N[C@@H](CCCN=C(N)NS(=O)(=O)c3c(C)cc(OC)c(C)c3C)C(=O)NCC(=O)OCc3ccccc3)cc2)c(C)c1C. The number of hydrogen-bond acceptors (Lipinski definition) is 15. The molecule has 5 rings (SSSR count). The number of nitrogens with two attached hydrogens (primary N) is 1. The normalized spacial score (nSPS) is 15.3. The number of aliphatic imine (C=N–C) groups is 1. The molecule has 0 spiro atoms. The van der Waals surface area contributed by atoms with Crippen LogP contribution in [0.4, 0.5) is 4.79 Å². The first kappa shape index (κ1) is 63.1. The maximum absolute atomic E-state index is 14.3. The molecule has 80 heavy (non-hydrogen) atoms. The third-order valence-corrected chi connectivity index (χ3v) is 16.4. The first-order valence-electron chi connectivity index (χ1n) is 25.6. The summed E-state index contributed by atoms with van der Waals surface area (Å²) in [6.45, 7) is 13.6. The highest BCUT2D eigenvalue weighted by molar-refractivity contribution is 7.90. The average Bonchev–Trinajstić information content (AvgIpc) is 3.46. The van der Waals surface area contributed by atoms with Gasteiger partial charge in [0.2, 0.25) is 39.6 Å². The van der Waals surface area contributed by atoms with E-state index in [1.807, 2.05) is 0 Å². The summed E-state index contributed by atoms with van der Waals surface area (Å²) in [6, 6.07) is 14.5. The fourth-order valence-electron chi connectivity index (χ4n) is 8.84. The van der Waals surface area contributed by atoms with Crippen molar-refractivity contribution in [2.45, 2.75) is 135 Å². The van der Waals surface area contributed by atoms with Gasteiger partial charge in [0.05, 0.1) is 37.0 Å². The van der Waals surface area contributed by atoms with Crippen molar-refractivity contribution in [3.05, 3.63) is 117 Å². The molecule has 5 amide bonds. The molecule has 1 aliphatic heterocycles. The van der Waals surface area contributed by atoms with Gasteiger partial charge in [0.25, 0.3) is 10.0 Å². The summed E-state index contributed by atoms with van der Waals surface area (Å²) < 4.78 is 80.5. The van der Waals surface area contributed by atoms with Crippen molar-refractivity contribution in [2.24, 2.45) is 10.7 Å². The van der Waals surface area contributed by atoms with Crippen molar-refractivity contribution in [1.29, 1.82) is 0 Å². The molecule has 4 aromatic rings. The number of rotatable bonds is 24. The monoisotopic (exact) mass is 1150 g/mol. The third-order valence-electron chi connectivity index (χ3n) is 13.1. The largest absolute Gasteiger partial charge is 0.496 e. The summed E-state index contributed by atoms with van der Waals surface area (Å²) in [5, 5.41) is 10.2. The number of carbonyl (C=O) groups is 6. The van der Waals surface area contributed by atoms with Crippen molar-refractivity contribution < 1.29 is 64.6 Å². The maximum Gasteiger partial charge on any atom is 0.407 e. The van der Waals surface area contributed by atoms with Gasteiger partial charge in [-0.2, -0.15) is 0 Å². The van der Waals surface area contributed by atoms with Crippen LogP contribution < -0.4 is 45.9 Å². The zero-order valence-corrected chi connectivity index (χ0v) is 48.6. The molecule has 434 valence electrons. The number of nitrogens with zero attached hydrogens (tertiary/aromatic N) is 2. The molecule has 25 heteroatoms. The van der Waals surface area contributed by atoms with E-state index in [1.165, 1.54) is 19.1 Å². The highest BCUT2D eigenvalue weighted by Crippen LogP contribution is 2.32. The predicted molar refractivity (Wildman–Crippen MR) is 297 cm³/mol. The topological polar surface area (TPSA) is 321 Å². The molecule has 0 aromatic heterocycles. The van der Waals surface area contributed by atoms with Gasteiger partial charge in [-0.15, -0.1) is 0 Å². The molecule has 0 radical (unpaired) electrons. The van der Waals surface area contributed by atoms with E-state index in [9.17, 15) is 45.6 Å². The van der Waals surface area contributed by atoms with Gasteiger partial charge in [-0.05, 0) is 137 Å². The number of aryl methyl sites for hydroxylation is 2. The van der Waals surface area contributed by atoms with Crippen molar-refractivity contribution in [3.8, 4) is 11.5 Å². The molecule has 1 fully saturated rings. The molecule has 1 aliphatic rings. The minimum absolute atomic E-state index is 0.00164. The van der Waals surface area contributed by atoms with Crippen LogP contribution in [-0.2, 0) is 73.2 Å². The van der Waals surface area contributed by atoms with E-state index < -0.39 is 98.4 Å². The van der Waals surface area contributed by atoms with Crippen molar-refractivity contribution in [1.82, 2.24) is 35.6 Å². The number of ether oxygens (including phenoxy) is 4. The summed E-state index contributed by atoms with van der Waals surface area (Å²) in [7, 11) is -5.21. The van der Waals surface area contributed by atoms with Gasteiger partial charge in [-0.1, -0.05) is 54.6 Å². The third kappa shape index (κ3) is 17.1. The molecule has 0 unspecified atom stereocenters. The number of nitrogens with one attached hydrogen (secondary N) is 6. The molecule has 23 nitrogen and oxygen atoms in total. The van der Waals surface area contributed by atoms with E-state index in [4.69, 9.17) is 24.7 Å². The molecule has 1 saturated heterocycles. The Hall–Kier alpha value is -7.77. The molecule has 0 saturated carbocycles. The van der Waals surface area contributed by atoms with Crippen LogP contribution >= 0.6 is 0 Å². The Kier molecular flexibility index (Phi) is 21.6. The van der Waals surface area contributed by atoms with E-state index >= 15 is 0 Å². The average molecular weight is 1150 g/mol. The van der Waals surface area contributed by atoms with Gasteiger partial charge in [-0.3, -0.25) is 29.0 Å². The molecule has 0 aliphatic carbocycles. The van der Waals surface area contributed by atoms with Gasteiger partial charge in [0.1, 0.15) is 48.4 Å². The summed E-state index contributed by atoms with van der Waals surface area (Å²) in [6.07, 6.45) is -1.59. The molecule has 3 atom stereocenters. The first-order chi connectivity index (χ1) is 37.5. The standard InChI is InChI=1S/C55H73N9O14S2/c1-32-24-44(75-10)34(3)36(5)48(32)79(71,72)60-27-38-19-21-39(22-20-38)30-64-43(51(68)62-42(52(64)69)28-59-54(70)78-55(7,8)9)26-46(65)61-41(50(67)58-29-47(66)77-31-40-16-13-12-14-17-40)18-15-23-57-53(56)63-80(73,74)49-33(2)25-45(76-11)35(4)37(49)6/h12-14,16-17,19-22,24-25,41-43,60H,15,18,23,26-31H2,1-11H3,(H,58,67)(H,59,70)(H,61,65)(H,62,68)(H3,56,57,63)/t41-,42-,43+/m0/s1. The van der Waals surface area contributed by atoms with E-state index in [0.29, 0.717) is 61.6 Å². The quantitative estimate of drug-likeness (QED) is 0.0228. The van der Waals surface area contributed by atoms with Crippen LogP contribution in [0.3, 0.4) is 0 Å². The summed E-state index contributed by atoms with van der Waals surface area (Å²) >= 11 is 0. The number of guanidine groups is 1. The van der Waals surface area contributed by atoms with Gasteiger partial charge < -0.3 is 50.8 Å². The van der Waals surface area contributed by atoms with Crippen molar-refractivity contribution >= 4 is 61.7 Å². The fourth-order valence-corrected chi connectivity index (χ4v) is 11.9. The predicted octanol–water partition coefficient (Wildman–Crippen LogP) is 3.56. The van der Waals surface area contributed by atoms with Gasteiger partial charge in [-0.25, -0.2) is 31.1 Å². The van der Waals surface area contributed by atoms with Gasteiger partial charge in [0, 0.05) is 19.6 Å². The second-order valence-electron chi connectivity index (χ2n) is 20.2. The molecule has 8 N–H and O–H groups in total. The molecular formula is C55H73N9O14S2. The van der Waals surface area contributed by atoms with Crippen LogP contribution in [0.2, 0.25) is 0 Å². The van der Waals surface area contributed by atoms with Crippen LogP contribution in [0.15, 0.2) is 81.5 Å². The van der Waals surface area contributed by atoms with E-state index in [-0.39, 0.29) is 55.4 Å². The van der Waals surface area contributed by atoms with E-state index in [2.05, 4.69) is 35.7 Å². The number of alkyl carbamates (subject to hydrolysis) is 1. The zero-order chi connectivity index (χ0) is 59.3. The van der Waals surface area contributed by atoms with Gasteiger partial charge >= 0.3 is 12.1 Å². The number of benzene rings is 4. The number of amides is 5.